The van der Waals surface area contributed by atoms with Crippen LogP contribution in [-0.4, -0.2) is 54.4 Å². The Bertz CT molecular complexity index is 670. The van der Waals surface area contributed by atoms with E-state index in [1.54, 1.807) is 0 Å². The molecule has 8 nitrogen and oxygen atoms in total. The zero-order valence-corrected chi connectivity index (χ0v) is 12.7. The topological polar surface area (TPSA) is 114 Å². The molecule has 1 aliphatic rings. The molecular weight excluding hydrogens is 312 g/mol. The van der Waals surface area contributed by atoms with Crippen molar-refractivity contribution in [1.29, 1.82) is 0 Å². The van der Waals surface area contributed by atoms with Crippen LogP contribution in [0.25, 0.3) is 0 Å². The number of carboxylic acid groups (broad SMARTS) is 1. The van der Waals surface area contributed by atoms with Crippen LogP contribution in [0, 0.1) is 0 Å². The van der Waals surface area contributed by atoms with E-state index in [-0.39, 0.29) is 23.6 Å². The number of aliphatic carboxylic acids is 1. The molecule has 0 saturated carbocycles. The summed E-state index contributed by atoms with van der Waals surface area (Å²) in [7, 11) is -2.77. The number of esters is 1. The van der Waals surface area contributed by atoms with E-state index in [2.05, 4.69) is 9.72 Å². The van der Waals surface area contributed by atoms with Crippen molar-refractivity contribution in [3.63, 3.8) is 0 Å². The SMILES string of the molecule is COC(=O)c1ccc(S(=O)(=O)N2CCCCC2C(=O)O)cn1. The van der Waals surface area contributed by atoms with E-state index in [1.165, 1.54) is 19.2 Å². The Labute approximate surface area is 127 Å². The quantitative estimate of drug-likeness (QED) is 0.800. The first-order valence-corrected chi connectivity index (χ1v) is 8.11. The summed E-state index contributed by atoms with van der Waals surface area (Å²) < 4.78 is 30.6. The van der Waals surface area contributed by atoms with Gasteiger partial charge < -0.3 is 9.84 Å². The summed E-state index contributed by atoms with van der Waals surface area (Å²) in [5.41, 5.74) is -0.0186. The van der Waals surface area contributed by atoms with Crippen LogP contribution in [0.1, 0.15) is 29.8 Å². The van der Waals surface area contributed by atoms with Gasteiger partial charge in [0.05, 0.1) is 7.11 Å². The second-order valence-corrected chi connectivity index (χ2v) is 6.73. The lowest BCUT2D eigenvalue weighted by atomic mass is 10.1. The molecule has 0 amide bonds. The van der Waals surface area contributed by atoms with Crippen molar-refractivity contribution in [1.82, 2.24) is 9.29 Å². The molecule has 120 valence electrons. The second kappa shape index (κ2) is 6.41. The van der Waals surface area contributed by atoms with E-state index in [1.807, 2.05) is 0 Å². The lowest BCUT2D eigenvalue weighted by molar-refractivity contribution is -0.142. The fourth-order valence-corrected chi connectivity index (χ4v) is 3.93. The summed E-state index contributed by atoms with van der Waals surface area (Å²) in [5.74, 6) is -1.84. The first-order chi connectivity index (χ1) is 10.4. The summed E-state index contributed by atoms with van der Waals surface area (Å²) in [6.45, 7) is 0.151. The number of pyridine rings is 1. The molecule has 1 N–H and O–H groups in total. The van der Waals surface area contributed by atoms with Gasteiger partial charge in [-0.1, -0.05) is 0 Å². The third kappa shape index (κ3) is 3.09. The first kappa shape index (κ1) is 16.4. The van der Waals surface area contributed by atoms with Gasteiger partial charge in [0, 0.05) is 12.7 Å². The predicted octanol–water partition coefficient (Wildman–Crippen LogP) is 0.496. The van der Waals surface area contributed by atoms with E-state index in [0.717, 1.165) is 10.5 Å². The van der Waals surface area contributed by atoms with Crippen LogP contribution in [0.5, 0.6) is 0 Å². The molecule has 2 heterocycles. The Morgan fingerprint density at radius 1 is 1.36 bits per heavy atom. The smallest absolute Gasteiger partial charge is 0.356 e. The number of rotatable bonds is 4. The number of carbonyl (C=O) groups is 2. The van der Waals surface area contributed by atoms with Crippen molar-refractivity contribution in [2.75, 3.05) is 13.7 Å². The number of hydrogen-bond acceptors (Lipinski definition) is 6. The second-order valence-electron chi connectivity index (χ2n) is 4.84. The average molecular weight is 328 g/mol. The minimum absolute atomic E-state index is 0.0186. The molecule has 1 fully saturated rings. The highest BCUT2D eigenvalue weighted by atomic mass is 32.2. The first-order valence-electron chi connectivity index (χ1n) is 6.67. The molecule has 22 heavy (non-hydrogen) atoms. The van der Waals surface area contributed by atoms with Crippen molar-refractivity contribution in [2.24, 2.45) is 0 Å². The average Bonchev–Trinajstić information content (AvgIpc) is 2.54. The van der Waals surface area contributed by atoms with Crippen LogP contribution in [0.3, 0.4) is 0 Å². The van der Waals surface area contributed by atoms with E-state index >= 15 is 0 Å². The monoisotopic (exact) mass is 328 g/mol. The molecule has 1 aromatic heterocycles. The lowest BCUT2D eigenvalue weighted by Crippen LogP contribution is -2.47. The lowest BCUT2D eigenvalue weighted by Gasteiger charge is -2.31. The normalized spacial score (nSPS) is 19.6. The zero-order valence-electron chi connectivity index (χ0n) is 11.9. The maximum absolute atomic E-state index is 12.6. The Balaban J connectivity index is 2.32. The van der Waals surface area contributed by atoms with Crippen LogP contribution < -0.4 is 0 Å². The molecule has 1 saturated heterocycles. The zero-order chi connectivity index (χ0) is 16.3. The Morgan fingerprint density at radius 2 is 2.09 bits per heavy atom. The number of methoxy groups -OCH3 is 1. The summed E-state index contributed by atoms with van der Waals surface area (Å²) in [6.07, 6.45) is 2.59. The largest absolute Gasteiger partial charge is 0.480 e. The maximum Gasteiger partial charge on any atom is 0.356 e. The van der Waals surface area contributed by atoms with Crippen molar-refractivity contribution >= 4 is 22.0 Å². The van der Waals surface area contributed by atoms with Gasteiger partial charge in [0.2, 0.25) is 10.0 Å². The molecule has 1 unspecified atom stereocenters. The highest BCUT2D eigenvalue weighted by Gasteiger charge is 2.37. The van der Waals surface area contributed by atoms with Crippen molar-refractivity contribution in [2.45, 2.75) is 30.2 Å². The van der Waals surface area contributed by atoms with E-state index in [9.17, 15) is 23.1 Å². The van der Waals surface area contributed by atoms with Crippen molar-refractivity contribution in [3.8, 4) is 0 Å². The van der Waals surface area contributed by atoms with Crippen molar-refractivity contribution < 1.29 is 27.9 Å². The minimum atomic E-state index is -3.97. The minimum Gasteiger partial charge on any atom is -0.480 e. The highest BCUT2D eigenvalue weighted by Crippen LogP contribution is 2.25. The number of hydrogen-bond donors (Lipinski definition) is 1. The van der Waals surface area contributed by atoms with Gasteiger partial charge in [-0.15, -0.1) is 0 Å². The molecular formula is C13H16N2O6S. The van der Waals surface area contributed by atoms with Crippen LogP contribution in [0.4, 0.5) is 0 Å². The van der Waals surface area contributed by atoms with Crippen LogP contribution >= 0.6 is 0 Å². The van der Waals surface area contributed by atoms with Crippen LogP contribution in [-0.2, 0) is 19.6 Å². The van der Waals surface area contributed by atoms with Gasteiger partial charge >= 0.3 is 11.9 Å². The summed E-state index contributed by atoms with van der Waals surface area (Å²) in [5, 5.41) is 9.18. The Kier molecular flexibility index (Phi) is 4.77. The molecule has 1 aliphatic heterocycles. The highest BCUT2D eigenvalue weighted by molar-refractivity contribution is 7.89. The summed E-state index contributed by atoms with van der Waals surface area (Å²) in [4.78, 5) is 26.1. The standard InChI is InChI=1S/C13H16N2O6S/c1-21-13(18)10-6-5-9(8-14-10)22(19,20)15-7-3-2-4-11(15)12(16)17/h5-6,8,11H,2-4,7H2,1H3,(H,16,17). The van der Waals surface area contributed by atoms with Gasteiger partial charge in [-0.05, 0) is 31.4 Å². The number of sulfonamides is 1. The molecule has 1 atom stereocenters. The molecule has 0 bridgehead atoms. The predicted molar refractivity (Wildman–Crippen MR) is 74.7 cm³/mol. The van der Waals surface area contributed by atoms with Gasteiger partial charge in [0.1, 0.15) is 16.6 Å². The molecule has 1 aromatic rings. The molecule has 0 aromatic carbocycles. The van der Waals surface area contributed by atoms with E-state index in [4.69, 9.17) is 0 Å². The number of piperidine rings is 1. The fraction of sp³-hybridized carbons (Fsp3) is 0.462. The van der Waals surface area contributed by atoms with Crippen LogP contribution in [0.15, 0.2) is 23.2 Å². The molecule has 0 radical (unpaired) electrons. The van der Waals surface area contributed by atoms with Crippen LogP contribution in [0.2, 0.25) is 0 Å². The molecule has 9 heteroatoms. The summed E-state index contributed by atoms with van der Waals surface area (Å²) in [6, 6.07) is 1.39. The number of nitrogens with zero attached hydrogens (tertiary/aromatic N) is 2. The number of aromatic nitrogens is 1. The molecule has 0 spiro atoms. The van der Waals surface area contributed by atoms with Gasteiger partial charge in [0.25, 0.3) is 0 Å². The van der Waals surface area contributed by atoms with Gasteiger partial charge in [0.15, 0.2) is 0 Å². The number of carbonyl (C=O) groups excluding carboxylic acids is 1. The fourth-order valence-electron chi connectivity index (χ4n) is 2.33. The van der Waals surface area contributed by atoms with Gasteiger partial charge in [-0.25, -0.2) is 18.2 Å². The third-order valence-electron chi connectivity index (χ3n) is 3.48. The Morgan fingerprint density at radius 3 is 2.64 bits per heavy atom. The third-order valence-corrected chi connectivity index (χ3v) is 5.37. The molecule has 2 rings (SSSR count). The Hall–Kier alpha value is -2.00. The molecule has 0 aliphatic carbocycles. The number of carboxylic acids is 1. The number of ether oxygens (including phenoxy) is 1. The summed E-state index contributed by atoms with van der Waals surface area (Å²) >= 11 is 0. The van der Waals surface area contributed by atoms with E-state index in [0.29, 0.717) is 12.8 Å². The van der Waals surface area contributed by atoms with Crippen molar-refractivity contribution in [3.05, 3.63) is 24.0 Å². The van der Waals surface area contributed by atoms with Gasteiger partial charge in [-0.3, -0.25) is 4.79 Å². The van der Waals surface area contributed by atoms with Gasteiger partial charge in [-0.2, -0.15) is 4.31 Å². The van der Waals surface area contributed by atoms with E-state index < -0.39 is 28.0 Å². The maximum atomic E-state index is 12.6.